The van der Waals surface area contributed by atoms with Gasteiger partial charge < -0.3 is 19.7 Å². The van der Waals surface area contributed by atoms with Crippen LogP contribution in [-0.4, -0.2) is 78.1 Å². The van der Waals surface area contributed by atoms with E-state index in [2.05, 4.69) is 20.3 Å². The van der Waals surface area contributed by atoms with E-state index in [0.717, 1.165) is 19.7 Å². The van der Waals surface area contributed by atoms with E-state index in [9.17, 15) is 30.8 Å². The highest BCUT2D eigenvalue weighted by Crippen LogP contribution is 2.36. The topological polar surface area (TPSA) is 139 Å². The van der Waals surface area contributed by atoms with Gasteiger partial charge in [0.1, 0.15) is 18.5 Å². The van der Waals surface area contributed by atoms with E-state index >= 15 is 0 Å². The van der Waals surface area contributed by atoms with E-state index in [1.165, 1.54) is 35.5 Å². The smallest absolute Gasteiger partial charge is 0.410 e. The lowest BCUT2D eigenvalue weighted by Gasteiger charge is -2.34. The number of carbonyl (C=O) groups is 1. The van der Waals surface area contributed by atoms with E-state index in [1.54, 1.807) is 16.9 Å². The van der Waals surface area contributed by atoms with Gasteiger partial charge in [0.15, 0.2) is 17.4 Å². The summed E-state index contributed by atoms with van der Waals surface area (Å²) >= 11 is 0. The van der Waals surface area contributed by atoms with Gasteiger partial charge in [0.05, 0.1) is 17.8 Å². The summed E-state index contributed by atoms with van der Waals surface area (Å²) in [6, 6.07) is 13.5. The normalized spacial score (nSPS) is 16.5. The lowest BCUT2D eigenvalue weighted by Crippen LogP contribution is -2.50. The van der Waals surface area contributed by atoms with Crippen LogP contribution in [0.15, 0.2) is 67.0 Å². The Bertz CT molecular complexity index is 1850. The fourth-order valence-electron chi connectivity index (χ4n) is 4.60. The highest BCUT2D eigenvalue weighted by atomic mass is 32.2. The zero-order valence-electron chi connectivity index (χ0n) is 25.0. The average molecular weight is 676 g/mol. The maximum atomic E-state index is 15.0. The predicted octanol–water partition coefficient (Wildman–Crippen LogP) is 5.13. The van der Waals surface area contributed by atoms with Crippen LogP contribution in [0.3, 0.4) is 0 Å². The molecule has 0 bridgehead atoms. The molecular formula is C30H29F4N7O5S. The van der Waals surface area contributed by atoms with Crippen LogP contribution in [-0.2, 0) is 21.6 Å². The predicted molar refractivity (Wildman–Crippen MR) is 163 cm³/mol. The Kier molecular flexibility index (Phi) is 10.0. The minimum atomic E-state index is -4.35. The number of carbonyl (C=O) groups excluding carboxylic acids is 1. The largest absolute Gasteiger partial charge is 0.445 e. The second-order valence-electron chi connectivity index (χ2n) is 10.6. The molecule has 0 aliphatic carbocycles. The van der Waals surface area contributed by atoms with Gasteiger partial charge >= 0.3 is 16.3 Å². The molecule has 248 valence electrons. The van der Waals surface area contributed by atoms with Gasteiger partial charge in [-0.3, -0.25) is 4.72 Å². The lowest BCUT2D eigenvalue weighted by molar-refractivity contribution is 0.0685. The molecule has 17 heteroatoms. The molecule has 0 radical (unpaired) electrons. The van der Waals surface area contributed by atoms with Crippen molar-refractivity contribution < 1.29 is 40.2 Å². The van der Waals surface area contributed by atoms with E-state index in [-0.39, 0.29) is 49.2 Å². The van der Waals surface area contributed by atoms with Crippen LogP contribution >= 0.6 is 0 Å². The van der Waals surface area contributed by atoms with E-state index < -0.39 is 57.4 Å². The van der Waals surface area contributed by atoms with Crippen molar-refractivity contribution in [1.82, 2.24) is 24.2 Å². The second kappa shape index (κ2) is 14.2. The number of likely N-dealkylation sites (tertiary alicyclic amines) is 1. The van der Waals surface area contributed by atoms with Crippen LogP contribution < -0.4 is 14.8 Å². The van der Waals surface area contributed by atoms with E-state index in [0.29, 0.717) is 10.4 Å². The van der Waals surface area contributed by atoms with Gasteiger partial charge in [-0.25, -0.2) is 32.9 Å². The first-order valence-corrected chi connectivity index (χ1v) is 15.6. The summed E-state index contributed by atoms with van der Waals surface area (Å²) in [5.74, 6) is -6.06. The van der Waals surface area contributed by atoms with Gasteiger partial charge in [0.2, 0.25) is 17.6 Å². The van der Waals surface area contributed by atoms with E-state index in [4.69, 9.17) is 9.47 Å². The second-order valence-corrected chi connectivity index (χ2v) is 12.5. The highest BCUT2D eigenvalue weighted by molar-refractivity contribution is 7.90. The van der Waals surface area contributed by atoms with Gasteiger partial charge in [0, 0.05) is 51.6 Å². The Morgan fingerprint density at radius 2 is 1.79 bits per heavy atom. The number of aromatic nitrogens is 3. The number of hydrogen-bond donors (Lipinski definition) is 2. The number of nitrogens with one attached hydrogen (secondary N) is 2. The number of ether oxygens (including phenoxy) is 2. The molecule has 12 nitrogen and oxygen atoms in total. The summed E-state index contributed by atoms with van der Waals surface area (Å²) in [4.78, 5) is 26.6. The summed E-state index contributed by atoms with van der Waals surface area (Å²) < 4.78 is 96.4. The molecule has 2 aromatic carbocycles. The van der Waals surface area contributed by atoms with Gasteiger partial charge in [-0.05, 0) is 23.8 Å². The lowest BCUT2D eigenvalue weighted by atomic mass is 10.0. The van der Waals surface area contributed by atoms with Crippen LogP contribution in [0.4, 0.5) is 34.0 Å². The number of anilines is 2. The van der Waals surface area contributed by atoms with Crippen molar-refractivity contribution in [3.05, 3.63) is 90.0 Å². The summed E-state index contributed by atoms with van der Waals surface area (Å²) in [6.07, 6.45) is 0.729. The molecule has 1 fully saturated rings. The summed E-state index contributed by atoms with van der Waals surface area (Å²) in [5.41, 5.74) is -0.0592. The molecule has 47 heavy (non-hydrogen) atoms. The van der Waals surface area contributed by atoms with Crippen molar-refractivity contribution in [3.63, 3.8) is 0 Å². The maximum Gasteiger partial charge on any atom is 0.410 e. The first kappa shape index (κ1) is 33.3. The minimum absolute atomic E-state index is 0.0362. The third-order valence-corrected chi connectivity index (χ3v) is 8.37. The number of amides is 1. The number of hydrogen-bond acceptors (Lipinski definition) is 9. The van der Waals surface area contributed by atoms with Crippen LogP contribution in [0.5, 0.6) is 11.6 Å². The Balaban J connectivity index is 1.31. The van der Waals surface area contributed by atoms with Crippen molar-refractivity contribution in [2.75, 3.05) is 37.2 Å². The first-order valence-electron chi connectivity index (χ1n) is 14.1. The zero-order chi connectivity index (χ0) is 33.7. The molecule has 2 N–H and O–H groups in total. The Labute approximate surface area is 267 Å². The van der Waals surface area contributed by atoms with Crippen LogP contribution in [0.1, 0.15) is 12.0 Å². The fourth-order valence-corrected chi connectivity index (χ4v) is 5.22. The third kappa shape index (κ3) is 8.04. The standard InChI is InChI=1S/C30H29F4N7O5S/c1-40(2)47(43,44)39-27-22(32)14-24(25(33)26(27)34)46-28-21(9-6-11-35-28)23-10-12-36-29(38-23)37-20-13-19(31)15-41(16-20)30(42)45-17-18-7-4-3-5-8-18/h3-12,14,19-20,39H,13,15-17H2,1-2H3,(H,36,37,38)/t19-,20-/m0/s1. The van der Waals surface area contributed by atoms with Gasteiger partial charge in [-0.15, -0.1) is 0 Å². The Morgan fingerprint density at radius 1 is 1.02 bits per heavy atom. The van der Waals surface area contributed by atoms with Crippen molar-refractivity contribution in [3.8, 4) is 22.9 Å². The molecule has 0 spiro atoms. The molecule has 1 aliphatic rings. The van der Waals surface area contributed by atoms with Crippen molar-refractivity contribution in [2.24, 2.45) is 0 Å². The van der Waals surface area contributed by atoms with Crippen molar-refractivity contribution in [2.45, 2.75) is 25.2 Å². The maximum absolute atomic E-state index is 15.0. The number of pyridine rings is 1. The average Bonchev–Trinajstić information content (AvgIpc) is 3.05. The molecule has 1 amide bonds. The van der Waals surface area contributed by atoms with E-state index in [1.807, 2.05) is 18.2 Å². The molecular weight excluding hydrogens is 646 g/mol. The van der Waals surface area contributed by atoms with Crippen LogP contribution in [0.2, 0.25) is 0 Å². The van der Waals surface area contributed by atoms with Crippen molar-refractivity contribution >= 4 is 27.9 Å². The Hall–Kier alpha value is -5.03. The molecule has 0 saturated carbocycles. The molecule has 3 heterocycles. The van der Waals surface area contributed by atoms with Gasteiger partial charge in [-0.1, -0.05) is 30.3 Å². The van der Waals surface area contributed by atoms with Gasteiger partial charge in [-0.2, -0.15) is 17.1 Å². The molecule has 2 atom stereocenters. The summed E-state index contributed by atoms with van der Waals surface area (Å²) in [5, 5.41) is 3.01. The van der Waals surface area contributed by atoms with Gasteiger partial charge in [0.25, 0.3) is 0 Å². The van der Waals surface area contributed by atoms with Crippen LogP contribution in [0, 0.1) is 17.5 Å². The SMILES string of the molecule is CN(C)S(=O)(=O)Nc1c(F)cc(Oc2ncccc2-c2ccnc(N[C@H]3C[C@H](F)CN(C(=O)OCc4ccccc4)C3)n2)c(F)c1F. The van der Waals surface area contributed by atoms with Crippen LogP contribution in [0.25, 0.3) is 11.3 Å². The molecule has 2 aromatic heterocycles. The molecule has 0 unspecified atom stereocenters. The molecule has 5 rings (SSSR count). The van der Waals surface area contributed by atoms with Crippen molar-refractivity contribution in [1.29, 1.82) is 0 Å². The number of alkyl halides is 1. The number of nitrogens with zero attached hydrogens (tertiary/aromatic N) is 5. The zero-order valence-corrected chi connectivity index (χ0v) is 25.8. The first-order chi connectivity index (χ1) is 22.4. The monoisotopic (exact) mass is 675 g/mol. The number of piperidine rings is 1. The molecule has 1 aliphatic heterocycles. The number of benzene rings is 2. The summed E-state index contributed by atoms with van der Waals surface area (Å²) in [7, 11) is -2.11. The molecule has 1 saturated heterocycles. The number of halogens is 4. The fraction of sp³-hybridized carbons (Fsp3) is 0.267. The highest BCUT2D eigenvalue weighted by Gasteiger charge is 2.32. The molecule has 4 aromatic rings. The number of rotatable bonds is 10. The minimum Gasteiger partial charge on any atom is -0.445 e. The summed E-state index contributed by atoms with van der Waals surface area (Å²) in [6.45, 7) is 0.0117. The quantitative estimate of drug-likeness (QED) is 0.173. The Morgan fingerprint density at radius 3 is 2.53 bits per heavy atom. The third-order valence-electron chi connectivity index (χ3n) is 6.94.